The molecule has 1 aliphatic heterocycles. The normalized spacial score (nSPS) is 29.9. The fraction of sp³-hybridized carbons (Fsp3) is 1.00. The number of rotatable bonds is 3. The first kappa shape index (κ1) is 6.54. The van der Waals surface area contributed by atoms with Crippen LogP contribution in [0, 0.1) is 0 Å². The molecule has 2 N–H and O–H groups in total. The molecule has 0 aromatic carbocycles. The van der Waals surface area contributed by atoms with E-state index in [1.807, 2.05) is 0 Å². The second-order valence-corrected chi connectivity index (χ2v) is 3.67. The Balaban J connectivity index is 1.95. The van der Waals surface area contributed by atoms with Gasteiger partial charge in [0.25, 0.3) is 0 Å². The molecule has 0 aromatic heterocycles. The molecule has 2 unspecified atom stereocenters. The fourth-order valence-electron chi connectivity index (χ4n) is 0.350. The third-order valence-electron chi connectivity index (χ3n) is 0.837. The van der Waals surface area contributed by atoms with Crippen molar-refractivity contribution >= 4 is 23.0 Å². The standard InChI is InChI=1S/C3H7NO2S2/c5-8(6)4-1-3-2-7-3/h3-4H,1-2H2,(H,5,6). The Morgan fingerprint density at radius 1 is 2.00 bits per heavy atom. The van der Waals surface area contributed by atoms with Gasteiger partial charge in [0.15, 0.2) is 0 Å². The summed E-state index contributed by atoms with van der Waals surface area (Å²) in [4.78, 5) is 0. The van der Waals surface area contributed by atoms with Crippen molar-refractivity contribution in [3.05, 3.63) is 0 Å². The van der Waals surface area contributed by atoms with Gasteiger partial charge in [-0.15, -0.1) is 0 Å². The van der Waals surface area contributed by atoms with E-state index in [-0.39, 0.29) is 0 Å². The minimum Gasteiger partial charge on any atom is -0.294 e. The van der Waals surface area contributed by atoms with Gasteiger partial charge in [0.2, 0.25) is 11.3 Å². The highest BCUT2D eigenvalue weighted by atomic mass is 32.2. The van der Waals surface area contributed by atoms with E-state index in [2.05, 4.69) is 4.72 Å². The first-order valence-corrected chi connectivity index (χ1v) is 4.40. The summed E-state index contributed by atoms with van der Waals surface area (Å²) < 4.78 is 20.5. The quantitative estimate of drug-likeness (QED) is 0.437. The average molecular weight is 153 g/mol. The topological polar surface area (TPSA) is 49.3 Å². The Morgan fingerprint density at radius 2 is 2.62 bits per heavy atom. The molecule has 5 heteroatoms. The van der Waals surface area contributed by atoms with Crippen molar-refractivity contribution in [3.8, 4) is 0 Å². The van der Waals surface area contributed by atoms with Gasteiger partial charge in [-0.1, -0.05) is 0 Å². The van der Waals surface area contributed by atoms with Crippen LogP contribution in [0.1, 0.15) is 0 Å². The predicted molar refractivity (Wildman–Crippen MR) is 35.0 cm³/mol. The summed E-state index contributed by atoms with van der Waals surface area (Å²) in [5.41, 5.74) is 0. The highest BCUT2D eigenvalue weighted by molar-refractivity contribution is 8.06. The van der Waals surface area contributed by atoms with Gasteiger partial charge in [-0.05, 0) is 0 Å². The molecule has 0 spiro atoms. The lowest BCUT2D eigenvalue weighted by atomic mass is 10.5. The summed E-state index contributed by atoms with van der Waals surface area (Å²) in [7, 11) is 0. The lowest BCUT2D eigenvalue weighted by molar-refractivity contribution is 0.550. The molecule has 1 fully saturated rings. The maximum absolute atomic E-state index is 9.92. The van der Waals surface area contributed by atoms with Crippen LogP contribution >= 0.6 is 11.8 Å². The van der Waals surface area contributed by atoms with Crippen molar-refractivity contribution in [3.63, 3.8) is 0 Å². The molecule has 48 valence electrons. The van der Waals surface area contributed by atoms with E-state index in [4.69, 9.17) is 4.55 Å². The Labute approximate surface area is 54.6 Å². The van der Waals surface area contributed by atoms with Crippen LogP contribution in [0.3, 0.4) is 0 Å². The highest BCUT2D eigenvalue weighted by Gasteiger charge is 2.21. The van der Waals surface area contributed by atoms with Crippen molar-refractivity contribution in [2.75, 3.05) is 12.3 Å². The summed E-state index contributed by atoms with van der Waals surface area (Å²) in [5.74, 6) is 1.13. The van der Waals surface area contributed by atoms with E-state index in [0.29, 0.717) is 11.8 Å². The molecule has 1 saturated heterocycles. The smallest absolute Gasteiger partial charge is 0.231 e. The minimum absolute atomic E-state index is 0.589. The lowest BCUT2D eigenvalue weighted by Gasteiger charge is -1.91. The molecule has 2 atom stereocenters. The molecule has 0 aromatic rings. The summed E-state index contributed by atoms with van der Waals surface area (Å²) in [6.45, 7) is 0.660. The van der Waals surface area contributed by atoms with Gasteiger partial charge in [0.1, 0.15) is 0 Å². The maximum atomic E-state index is 9.92. The predicted octanol–water partition coefficient (Wildman–Crippen LogP) is -0.172. The van der Waals surface area contributed by atoms with Crippen LogP contribution in [0.2, 0.25) is 0 Å². The monoisotopic (exact) mass is 153 g/mol. The van der Waals surface area contributed by atoms with Crippen LogP contribution < -0.4 is 4.72 Å². The van der Waals surface area contributed by atoms with E-state index in [0.717, 1.165) is 5.75 Å². The van der Waals surface area contributed by atoms with Crippen LogP contribution in [0.15, 0.2) is 0 Å². The van der Waals surface area contributed by atoms with Crippen molar-refractivity contribution in [1.82, 2.24) is 4.72 Å². The van der Waals surface area contributed by atoms with Gasteiger partial charge in [-0.2, -0.15) is 11.8 Å². The summed E-state index contributed by atoms with van der Waals surface area (Å²) in [5, 5.41) is 0.589. The van der Waals surface area contributed by atoms with E-state index in [1.165, 1.54) is 0 Å². The van der Waals surface area contributed by atoms with Gasteiger partial charge in [-0.25, -0.2) is 8.93 Å². The van der Waals surface area contributed by atoms with E-state index >= 15 is 0 Å². The van der Waals surface area contributed by atoms with Crippen molar-refractivity contribution < 1.29 is 8.76 Å². The molecule has 1 aliphatic rings. The van der Waals surface area contributed by atoms with Gasteiger partial charge in [0, 0.05) is 17.5 Å². The van der Waals surface area contributed by atoms with E-state index < -0.39 is 11.3 Å². The molecule has 0 amide bonds. The number of nitrogens with one attached hydrogen (secondary N) is 1. The van der Waals surface area contributed by atoms with Crippen molar-refractivity contribution in [1.29, 1.82) is 0 Å². The number of thioether (sulfide) groups is 1. The van der Waals surface area contributed by atoms with Crippen molar-refractivity contribution in [2.24, 2.45) is 0 Å². The third-order valence-corrected chi connectivity index (χ3v) is 2.22. The van der Waals surface area contributed by atoms with Crippen LogP contribution in [0.25, 0.3) is 0 Å². The van der Waals surface area contributed by atoms with Gasteiger partial charge >= 0.3 is 0 Å². The summed E-state index contributed by atoms with van der Waals surface area (Å²) in [6, 6.07) is 0. The Kier molecular flexibility index (Phi) is 2.30. The van der Waals surface area contributed by atoms with Gasteiger partial charge in [0.05, 0.1) is 0 Å². The Hall–Kier alpha value is 0.420. The average Bonchev–Trinajstić information content (AvgIpc) is 2.41. The first-order valence-electron chi connectivity index (χ1n) is 2.25. The molecule has 0 bridgehead atoms. The van der Waals surface area contributed by atoms with Crippen molar-refractivity contribution in [2.45, 2.75) is 5.25 Å². The van der Waals surface area contributed by atoms with Gasteiger partial charge in [-0.3, -0.25) is 4.55 Å². The third kappa shape index (κ3) is 2.66. The van der Waals surface area contributed by atoms with Crippen LogP contribution in [-0.4, -0.2) is 26.3 Å². The lowest BCUT2D eigenvalue weighted by Crippen LogP contribution is -2.20. The highest BCUT2D eigenvalue weighted by Crippen LogP contribution is 2.28. The number of hydrogen-bond acceptors (Lipinski definition) is 2. The molecule has 8 heavy (non-hydrogen) atoms. The zero-order valence-corrected chi connectivity index (χ0v) is 5.80. The maximum Gasteiger partial charge on any atom is 0.231 e. The Bertz CT molecular complexity index is 103. The number of hydrogen-bond donors (Lipinski definition) is 2. The van der Waals surface area contributed by atoms with Crippen LogP contribution in [0.4, 0.5) is 0 Å². The molecule has 1 heterocycles. The second-order valence-electron chi connectivity index (χ2n) is 1.55. The van der Waals surface area contributed by atoms with Crippen LogP contribution in [0.5, 0.6) is 0 Å². The van der Waals surface area contributed by atoms with E-state index in [1.54, 1.807) is 11.8 Å². The zero-order chi connectivity index (χ0) is 5.98. The summed E-state index contributed by atoms with van der Waals surface area (Å²) in [6.07, 6.45) is 0. The molecular formula is C3H7NO2S2. The SMILES string of the molecule is O=S(O)NCC1CS1. The summed E-state index contributed by atoms with van der Waals surface area (Å²) >= 11 is -0.00725. The Morgan fingerprint density at radius 3 is 3.00 bits per heavy atom. The van der Waals surface area contributed by atoms with Gasteiger partial charge < -0.3 is 0 Å². The molecule has 0 radical (unpaired) electrons. The van der Waals surface area contributed by atoms with Crippen LogP contribution in [-0.2, 0) is 11.3 Å². The van der Waals surface area contributed by atoms with E-state index in [9.17, 15) is 4.21 Å². The fourth-order valence-corrected chi connectivity index (χ4v) is 1.25. The largest absolute Gasteiger partial charge is 0.294 e. The minimum atomic E-state index is -1.81. The molecule has 1 rings (SSSR count). The molecule has 0 aliphatic carbocycles. The second kappa shape index (κ2) is 2.82. The molecular weight excluding hydrogens is 146 g/mol. The molecule has 3 nitrogen and oxygen atoms in total. The first-order chi connectivity index (χ1) is 3.79. The zero-order valence-electron chi connectivity index (χ0n) is 4.16. The molecule has 0 saturated carbocycles.